The maximum absolute atomic E-state index is 12.7. The number of nitrogens with zero attached hydrogens (tertiary/aromatic N) is 1. The molecule has 0 amide bonds. The molecule has 166 valence electrons. The molecule has 2 saturated carbocycles. The third kappa shape index (κ3) is 3.13. The summed E-state index contributed by atoms with van der Waals surface area (Å²) in [4.78, 5) is 36.8. The summed E-state index contributed by atoms with van der Waals surface area (Å²) in [7, 11) is 0. The molecular formula is C24H35NO5. The third-order valence-corrected chi connectivity index (χ3v) is 7.36. The number of fused-ring (bicyclic) bond motifs is 5. The first-order valence-corrected chi connectivity index (χ1v) is 11.2. The summed E-state index contributed by atoms with van der Waals surface area (Å²) < 4.78 is 11.3. The first-order chi connectivity index (χ1) is 14.1. The van der Waals surface area contributed by atoms with Crippen LogP contribution in [0.2, 0.25) is 0 Å². The lowest BCUT2D eigenvalue weighted by molar-refractivity contribution is -0.157. The molecule has 3 fully saturated rings. The number of rotatable bonds is 1. The van der Waals surface area contributed by atoms with Gasteiger partial charge in [-0.2, -0.15) is 5.26 Å². The molecule has 4 aliphatic rings. The fourth-order valence-corrected chi connectivity index (χ4v) is 6.01. The lowest BCUT2D eigenvalue weighted by Crippen LogP contribution is -2.60. The highest BCUT2D eigenvalue weighted by Gasteiger charge is 2.79. The van der Waals surface area contributed by atoms with Gasteiger partial charge in [-0.1, -0.05) is 48.5 Å². The van der Waals surface area contributed by atoms with Crippen molar-refractivity contribution in [2.45, 2.75) is 92.5 Å². The van der Waals surface area contributed by atoms with Crippen molar-refractivity contribution in [3.8, 4) is 6.07 Å². The summed E-state index contributed by atoms with van der Waals surface area (Å²) in [6.45, 7) is 15.2. The van der Waals surface area contributed by atoms with Crippen LogP contribution in [0.3, 0.4) is 0 Å². The molecule has 6 nitrogen and oxygen atoms in total. The van der Waals surface area contributed by atoms with E-state index < -0.39 is 34.6 Å². The smallest absolute Gasteiger partial charge is 0.302 e. The maximum Gasteiger partial charge on any atom is 0.302 e. The molecule has 4 rings (SSSR count). The van der Waals surface area contributed by atoms with E-state index in [0.29, 0.717) is 0 Å². The van der Waals surface area contributed by atoms with Gasteiger partial charge in [-0.15, -0.1) is 0 Å². The van der Waals surface area contributed by atoms with Gasteiger partial charge in [0.1, 0.15) is 18.3 Å². The second kappa shape index (κ2) is 8.26. The highest BCUT2D eigenvalue weighted by molar-refractivity contribution is 5.98. The van der Waals surface area contributed by atoms with Crippen LogP contribution in [-0.2, 0) is 23.9 Å². The highest BCUT2D eigenvalue weighted by Crippen LogP contribution is 2.69. The van der Waals surface area contributed by atoms with Crippen LogP contribution < -0.4 is 0 Å². The van der Waals surface area contributed by atoms with Crippen molar-refractivity contribution in [2.75, 3.05) is 0 Å². The summed E-state index contributed by atoms with van der Waals surface area (Å²) in [5.74, 6) is -0.937. The Balaban J connectivity index is 0.000000757. The molecule has 6 unspecified atom stereocenters. The van der Waals surface area contributed by atoms with Crippen LogP contribution in [0.15, 0.2) is 11.6 Å². The number of carbonyl (C=O) groups excluding carboxylic acids is 3. The van der Waals surface area contributed by atoms with Crippen LogP contribution in [0.4, 0.5) is 0 Å². The number of hydrogen-bond acceptors (Lipinski definition) is 6. The zero-order chi connectivity index (χ0) is 23.1. The molecule has 0 spiro atoms. The van der Waals surface area contributed by atoms with Crippen LogP contribution >= 0.6 is 0 Å². The van der Waals surface area contributed by atoms with Crippen LogP contribution in [-0.4, -0.2) is 35.3 Å². The average Bonchev–Trinajstić information content (AvgIpc) is 3.48. The van der Waals surface area contributed by atoms with Crippen molar-refractivity contribution in [3.05, 3.63) is 11.6 Å². The Morgan fingerprint density at radius 1 is 1.23 bits per heavy atom. The fraction of sp³-hybridized carbons (Fsp3) is 0.750. The van der Waals surface area contributed by atoms with Gasteiger partial charge in [0.25, 0.3) is 0 Å². The number of esters is 1. The lowest BCUT2D eigenvalue weighted by Gasteiger charge is -2.57. The average molecular weight is 418 g/mol. The van der Waals surface area contributed by atoms with E-state index in [1.54, 1.807) is 6.08 Å². The second-order valence-electron chi connectivity index (χ2n) is 8.67. The first kappa shape index (κ1) is 24.3. The number of nitriles is 1. The number of allylic oxidation sites excluding steroid dienone is 1. The Kier molecular flexibility index (Phi) is 6.68. The number of epoxide rings is 1. The van der Waals surface area contributed by atoms with E-state index in [1.807, 2.05) is 48.5 Å². The molecule has 30 heavy (non-hydrogen) atoms. The minimum atomic E-state index is -1.39. The van der Waals surface area contributed by atoms with Crippen LogP contribution in [0.1, 0.15) is 74.7 Å². The molecular weight excluding hydrogens is 382 g/mol. The zero-order valence-electron chi connectivity index (χ0n) is 19.5. The Labute approximate surface area is 180 Å². The van der Waals surface area contributed by atoms with E-state index in [2.05, 4.69) is 6.07 Å². The molecule has 1 saturated heterocycles. The minimum Gasteiger partial charge on any atom is -0.461 e. The van der Waals surface area contributed by atoms with Gasteiger partial charge in [0.05, 0.1) is 0 Å². The summed E-state index contributed by atoms with van der Waals surface area (Å²) in [6.07, 6.45) is 2.28. The molecule has 1 heterocycles. The largest absolute Gasteiger partial charge is 0.461 e. The van der Waals surface area contributed by atoms with Crippen molar-refractivity contribution in [1.82, 2.24) is 0 Å². The Hall–Kier alpha value is -2.00. The van der Waals surface area contributed by atoms with Crippen molar-refractivity contribution < 1.29 is 23.9 Å². The number of ether oxygens (including phenoxy) is 2. The van der Waals surface area contributed by atoms with Crippen molar-refractivity contribution >= 4 is 17.5 Å². The van der Waals surface area contributed by atoms with Crippen LogP contribution in [0, 0.1) is 34.0 Å². The lowest BCUT2D eigenvalue weighted by atomic mass is 9.45. The number of Topliss-reactive ketones (excluding diaryl/α,β-unsaturated/α-hetero) is 1. The summed E-state index contributed by atoms with van der Waals surface area (Å²) in [6, 6.07) is 2.09. The van der Waals surface area contributed by atoms with Gasteiger partial charge in [-0.05, 0) is 30.4 Å². The monoisotopic (exact) mass is 417 g/mol. The first-order valence-electron chi connectivity index (χ1n) is 11.2. The summed E-state index contributed by atoms with van der Waals surface area (Å²) in [5, 5.41) is 9.62. The summed E-state index contributed by atoms with van der Waals surface area (Å²) >= 11 is 0. The molecule has 6 heteroatoms. The van der Waals surface area contributed by atoms with Gasteiger partial charge in [0.15, 0.2) is 11.6 Å². The van der Waals surface area contributed by atoms with E-state index in [1.165, 1.54) is 6.92 Å². The van der Waals surface area contributed by atoms with Crippen LogP contribution in [0.5, 0.6) is 0 Å². The molecule has 0 aromatic carbocycles. The van der Waals surface area contributed by atoms with Gasteiger partial charge in [-0.3, -0.25) is 14.4 Å². The third-order valence-electron chi connectivity index (χ3n) is 7.36. The van der Waals surface area contributed by atoms with Gasteiger partial charge in [0.2, 0.25) is 5.60 Å². The maximum atomic E-state index is 12.7. The van der Waals surface area contributed by atoms with E-state index >= 15 is 0 Å². The van der Waals surface area contributed by atoms with Crippen molar-refractivity contribution in [3.63, 3.8) is 0 Å². The zero-order valence-corrected chi connectivity index (χ0v) is 19.5. The predicted molar refractivity (Wildman–Crippen MR) is 112 cm³/mol. The molecule has 1 aliphatic heterocycles. The van der Waals surface area contributed by atoms with Crippen molar-refractivity contribution in [1.29, 1.82) is 5.26 Å². The van der Waals surface area contributed by atoms with Gasteiger partial charge in [-0.25, -0.2) is 0 Å². The molecule has 0 aromatic rings. The molecule has 0 N–H and O–H groups in total. The minimum absolute atomic E-state index is 0.00665. The van der Waals surface area contributed by atoms with Crippen LogP contribution in [0.25, 0.3) is 0 Å². The normalized spacial score (nSPS) is 43.0. The SMILES string of the molecule is CC.CC.CC(=O)OC1CC(=O)C=C2C1(C)CCC1C(C)C(=O)C3(C#N)OC3[C@]21C. The summed E-state index contributed by atoms with van der Waals surface area (Å²) in [5.41, 5.74) is -1.59. The molecule has 7 atom stereocenters. The molecule has 0 aromatic heterocycles. The topological polar surface area (TPSA) is 96.8 Å². The molecule has 0 bridgehead atoms. The quantitative estimate of drug-likeness (QED) is 0.469. The highest BCUT2D eigenvalue weighted by atomic mass is 16.6. The van der Waals surface area contributed by atoms with E-state index in [9.17, 15) is 19.6 Å². The Morgan fingerprint density at radius 3 is 2.37 bits per heavy atom. The van der Waals surface area contributed by atoms with E-state index in [-0.39, 0.29) is 29.8 Å². The Morgan fingerprint density at radius 2 is 1.83 bits per heavy atom. The molecule has 0 radical (unpaired) electrons. The Bertz CT molecular complexity index is 811. The predicted octanol–water partition coefficient (Wildman–Crippen LogP) is 4.17. The molecule has 3 aliphatic carbocycles. The van der Waals surface area contributed by atoms with E-state index in [0.717, 1.165) is 18.4 Å². The fourth-order valence-electron chi connectivity index (χ4n) is 6.01. The number of hydrogen-bond donors (Lipinski definition) is 0. The second-order valence-corrected chi connectivity index (χ2v) is 8.67. The number of ketones is 2. The number of carbonyl (C=O) groups is 3. The van der Waals surface area contributed by atoms with Gasteiger partial charge < -0.3 is 9.47 Å². The standard InChI is InChI=1S/C20H23NO5.2C2H6/c1-10-13-5-6-18(3)14(7-12(23)8-15(18)25-11(2)22)19(13,4)17-20(9-21,26-17)16(10)24;2*1-2/h7,10,13,15,17H,5-6,8H2,1-4H3;2*1-2H3/t10?,13?,15?,17?,18?,19-,20?;;/m0../s1. The van der Waals surface area contributed by atoms with Gasteiger partial charge in [0, 0.05) is 30.1 Å². The van der Waals surface area contributed by atoms with Crippen molar-refractivity contribution in [2.24, 2.45) is 22.7 Å². The van der Waals surface area contributed by atoms with Gasteiger partial charge >= 0.3 is 5.97 Å². The van der Waals surface area contributed by atoms with E-state index in [4.69, 9.17) is 9.47 Å².